The van der Waals surface area contributed by atoms with Crippen LogP contribution in [-0.2, 0) is 0 Å². The third-order valence-electron chi connectivity index (χ3n) is 4.60. The Kier molecular flexibility index (Phi) is 3.35. The summed E-state index contributed by atoms with van der Waals surface area (Å²) in [6.45, 7) is 6.19. The first-order valence-corrected chi connectivity index (χ1v) is 7.35. The fourth-order valence-electron chi connectivity index (χ4n) is 3.09. The summed E-state index contributed by atoms with van der Waals surface area (Å²) in [7, 11) is 0. The van der Waals surface area contributed by atoms with E-state index in [0.29, 0.717) is 5.02 Å². The summed E-state index contributed by atoms with van der Waals surface area (Å²) >= 11 is 6.17. The molecule has 0 aliphatic heterocycles. The number of aromatic nitrogens is 2. The average molecular weight is 291 g/mol. The second-order valence-corrected chi connectivity index (χ2v) is 6.57. The maximum Gasteiger partial charge on any atom is 0.0865 e. The van der Waals surface area contributed by atoms with Gasteiger partial charge in [-0.3, -0.25) is 5.10 Å². The molecule has 1 unspecified atom stereocenters. The van der Waals surface area contributed by atoms with E-state index in [1.165, 1.54) is 5.57 Å². The molecule has 2 N–H and O–H groups in total. The number of fused-ring (bicyclic) bond motifs is 1. The van der Waals surface area contributed by atoms with Gasteiger partial charge in [-0.05, 0) is 43.2 Å². The van der Waals surface area contributed by atoms with Gasteiger partial charge in [0.1, 0.15) is 0 Å². The zero-order valence-electron chi connectivity index (χ0n) is 11.6. The number of hydrogen-bond acceptors (Lipinski definition) is 2. The number of nitrogens with one attached hydrogen (secondary N) is 1. The number of aromatic amines is 1. The van der Waals surface area contributed by atoms with Crippen LogP contribution in [0.3, 0.4) is 0 Å². The summed E-state index contributed by atoms with van der Waals surface area (Å²) in [4.78, 5) is 0. The Balaban J connectivity index is 2.01. The smallest absolute Gasteiger partial charge is 0.0865 e. The predicted octanol–water partition coefficient (Wildman–Crippen LogP) is 4.39. The molecule has 1 fully saturated rings. The minimum Gasteiger partial charge on any atom is -0.388 e. The molecule has 3 nitrogen and oxygen atoms in total. The Morgan fingerprint density at radius 2 is 2.10 bits per heavy atom. The Morgan fingerprint density at radius 1 is 1.40 bits per heavy atom. The van der Waals surface area contributed by atoms with Gasteiger partial charge in [0.2, 0.25) is 0 Å². The molecule has 20 heavy (non-hydrogen) atoms. The first-order chi connectivity index (χ1) is 9.49. The van der Waals surface area contributed by atoms with Gasteiger partial charge < -0.3 is 5.11 Å². The van der Waals surface area contributed by atoms with Crippen molar-refractivity contribution in [1.29, 1.82) is 0 Å². The van der Waals surface area contributed by atoms with Crippen LogP contribution in [-0.4, -0.2) is 15.3 Å². The number of rotatable bonds is 2. The van der Waals surface area contributed by atoms with Gasteiger partial charge in [0, 0.05) is 16.0 Å². The van der Waals surface area contributed by atoms with Crippen LogP contribution in [0.2, 0.25) is 5.02 Å². The zero-order chi connectivity index (χ0) is 14.3. The maximum absolute atomic E-state index is 10.9. The van der Waals surface area contributed by atoms with Crippen LogP contribution in [0.25, 0.3) is 10.9 Å². The van der Waals surface area contributed by atoms with Crippen molar-refractivity contribution in [1.82, 2.24) is 10.2 Å². The molecule has 0 amide bonds. The van der Waals surface area contributed by atoms with E-state index < -0.39 is 6.10 Å². The lowest BCUT2D eigenvalue weighted by Gasteiger charge is -2.39. The van der Waals surface area contributed by atoms with Crippen LogP contribution >= 0.6 is 11.6 Å². The molecule has 1 heterocycles. The molecule has 3 rings (SSSR count). The molecule has 1 atom stereocenters. The summed E-state index contributed by atoms with van der Waals surface area (Å²) in [6, 6.07) is 3.71. The summed E-state index contributed by atoms with van der Waals surface area (Å²) in [5.74, 6) is 0. The van der Waals surface area contributed by atoms with Crippen molar-refractivity contribution in [3.8, 4) is 0 Å². The Morgan fingerprint density at radius 3 is 2.80 bits per heavy atom. The number of halogens is 1. The van der Waals surface area contributed by atoms with Crippen LogP contribution in [0.1, 0.15) is 44.3 Å². The second-order valence-electron chi connectivity index (χ2n) is 6.14. The van der Waals surface area contributed by atoms with Crippen molar-refractivity contribution in [2.75, 3.05) is 0 Å². The number of aliphatic hydroxyl groups excluding tert-OH is 1. The molecule has 1 saturated carbocycles. The van der Waals surface area contributed by atoms with Gasteiger partial charge in [0.05, 0.1) is 17.8 Å². The van der Waals surface area contributed by atoms with Crippen molar-refractivity contribution in [2.45, 2.75) is 38.7 Å². The van der Waals surface area contributed by atoms with Gasteiger partial charge in [-0.25, -0.2) is 0 Å². The van der Waals surface area contributed by atoms with Crippen molar-refractivity contribution >= 4 is 22.5 Å². The molecule has 1 aromatic carbocycles. The van der Waals surface area contributed by atoms with Gasteiger partial charge in [0.25, 0.3) is 0 Å². The molecule has 4 heteroatoms. The van der Waals surface area contributed by atoms with Crippen LogP contribution in [0.15, 0.2) is 30.5 Å². The molecular formula is C16H19ClN2O. The van der Waals surface area contributed by atoms with Gasteiger partial charge in [-0.2, -0.15) is 5.10 Å². The highest BCUT2D eigenvalue weighted by atomic mass is 35.5. The van der Waals surface area contributed by atoms with E-state index in [1.54, 1.807) is 6.20 Å². The predicted molar refractivity (Wildman–Crippen MR) is 81.8 cm³/mol. The molecule has 0 spiro atoms. The van der Waals surface area contributed by atoms with Crippen LogP contribution < -0.4 is 0 Å². The van der Waals surface area contributed by atoms with E-state index in [4.69, 9.17) is 11.6 Å². The highest BCUT2D eigenvalue weighted by molar-refractivity contribution is 6.31. The summed E-state index contributed by atoms with van der Waals surface area (Å²) < 4.78 is 0. The molecular weight excluding hydrogens is 272 g/mol. The van der Waals surface area contributed by atoms with Crippen molar-refractivity contribution in [2.24, 2.45) is 5.41 Å². The van der Waals surface area contributed by atoms with E-state index in [2.05, 4.69) is 23.7 Å². The molecule has 106 valence electrons. The monoisotopic (exact) mass is 290 g/mol. The summed E-state index contributed by atoms with van der Waals surface area (Å²) in [5, 5.41) is 19.5. The second kappa shape index (κ2) is 4.90. The van der Waals surface area contributed by atoms with Gasteiger partial charge in [-0.1, -0.05) is 30.7 Å². The third kappa shape index (κ3) is 2.25. The molecule has 1 aliphatic carbocycles. The lowest BCUT2D eigenvalue weighted by molar-refractivity contribution is 0.0169. The molecule has 1 aromatic heterocycles. The largest absolute Gasteiger partial charge is 0.388 e. The lowest BCUT2D eigenvalue weighted by atomic mass is 9.69. The highest BCUT2D eigenvalue weighted by Gasteiger charge is 2.37. The number of benzene rings is 1. The van der Waals surface area contributed by atoms with Crippen molar-refractivity contribution in [3.63, 3.8) is 0 Å². The Hall–Kier alpha value is -1.32. The van der Waals surface area contributed by atoms with E-state index >= 15 is 0 Å². The van der Waals surface area contributed by atoms with E-state index in [1.807, 2.05) is 12.1 Å². The summed E-state index contributed by atoms with van der Waals surface area (Å²) in [5.41, 5.74) is 2.88. The van der Waals surface area contributed by atoms with Crippen molar-refractivity contribution in [3.05, 3.63) is 41.1 Å². The van der Waals surface area contributed by atoms with Gasteiger partial charge in [0.15, 0.2) is 0 Å². The maximum atomic E-state index is 10.9. The van der Waals surface area contributed by atoms with Crippen LogP contribution in [0, 0.1) is 5.41 Å². The number of hydrogen-bond donors (Lipinski definition) is 2. The molecule has 0 radical (unpaired) electrons. The lowest BCUT2D eigenvalue weighted by Crippen LogP contribution is -2.29. The molecule has 0 saturated heterocycles. The first-order valence-electron chi connectivity index (χ1n) is 6.97. The topological polar surface area (TPSA) is 48.9 Å². The Labute approximate surface area is 123 Å². The number of allylic oxidation sites excluding steroid dienone is 1. The van der Waals surface area contributed by atoms with Crippen molar-refractivity contribution < 1.29 is 5.11 Å². The number of H-pyrrole nitrogens is 1. The zero-order valence-corrected chi connectivity index (χ0v) is 12.4. The average Bonchev–Trinajstić information content (AvgIpc) is 2.88. The van der Waals surface area contributed by atoms with Gasteiger partial charge in [-0.15, -0.1) is 0 Å². The van der Waals surface area contributed by atoms with Crippen LogP contribution in [0.4, 0.5) is 0 Å². The highest BCUT2D eigenvalue weighted by Crippen LogP contribution is 2.48. The molecule has 1 aliphatic rings. The number of nitrogens with zero attached hydrogens (tertiary/aromatic N) is 1. The SMILES string of the molecule is C=C1CCC(C)(C(O)c2cc(Cl)cc3cn[nH]c23)CC1. The normalized spacial score (nSPS) is 20.2. The molecule has 0 bridgehead atoms. The fourth-order valence-corrected chi connectivity index (χ4v) is 3.32. The first kappa shape index (κ1) is 13.7. The standard InChI is InChI=1S/C16H19ClN2O/c1-10-3-5-16(2,6-4-10)15(20)13-8-12(17)7-11-9-18-19-14(11)13/h7-9,15,20H,1,3-6H2,2H3,(H,18,19). The number of aliphatic hydroxyl groups is 1. The van der Waals surface area contributed by atoms with E-state index in [-0.39, 0.29) is 5.41 Å². The summed E-state index contributed by atoms with van der Waals surface area (Å²) in [6.07, 6.45) is 5.07. The van der Waals surface area contributed by atoms with E-state index in [0.717, 1.165) is 42.1 Å². The quantitative estimate of drug-likeness (QED) is 0.806. The van der Waals surface area contributed by atoms with Gasteiger partial charge >= 0.3 is 0 Å². The fraction of sp³-hybridized carbons (Fsp3) is 0.438. The molecule has 2 aromatic rings. The minimum atomic E-state index is -0.544. The van der Waals surface area contributed by atoms with Crippen LogP contribution in [0.5, 0.6) is 0 Å². The van der Waals surface area contributed by atoms with E-state index in [9.17, 15) is 5.11 Å². The third-order valence-corrected chi connectivity index (χ3v) is 4.82. The minimum absolute atomic E-state index is 0.135. The Bertz CT molecular complexity index is 652.